The zero-order valence-corrected chi connectivity index (χ0v) is 12.8. The Hall–Kier alpha value is -2.64. The van der Waals surface area contributed by atoms with E-state index in [1.165, 1.54) is 24.3 Å². The molecule has 2 aromatic rings. The number of nitro groups is 1. The van der Waals surface area contributed by atoms with E-state index in [0.29, 0.717) is 0 Å². The number of nitrogens with zero attached hydrogens (tertiary/aromatic N) is 1. The highest BCUT2D eigenvalue weighted by molar-refractivity contribution is 6.36. The molecule has 0 spiro atoms. The lowest BCUT2D eigenvalue weighted by atomic mass is 10.1. The summed E-state index contributed by atoms with van der Waals surface area (Å²) >= 11 is 11.8. The Morgan fingerprint density at radius 3 is 2.35 bits per heavy atom. The largest absolute Gasteiger partial charge is 0.478 e. The molecule has 0 saturated heterocycles. The molecule has 2 aromatic carbocycles. The van der Waals surface area contributed by atoms with Gasteiger partial charge in [0.1, 0.15) is 0 Å². The third kappa shape index (κ3) is 3.77. The number of rotatable bonds is 4. The number of carboxylic acids is 1. The van der Waals surface area contributed by atoms with Crippen LogP contribution in [0.3, 0.4) is 0 Å². The number of amides is 1. The van der Waals surface area contributed by atoms with Crippen LogP contribution in [0.2, 0.25) is 10.0 Å². The SMILES string of the molecule is O=C(O)c1ccc(Cl)c(NC(=O)c2ccc([N+](=O)[O-])cc2Cl)c1. The minimum Gasteiger partial charge on any atom is -0.478 e. The van der Waals surface area contributed by atoms with Crippen LogP contribution in [0.25, 0.3) is 0 Å². The number of carboxylic acid groups (broad SMARTS) is 1. The predicted octanol–water partition coefficient (Wildman–Crippen LogP) is 3.85. The molecule has 118 valence electrons. The first kappa shape index (κ1) is 16.7. The first-order chi connectivity index (χ1) is 10.8. The highest BCUT2D eigenvalue weighted by Crippen LogP contribution is 2.26. The zero-order chi connectivity index (χ0) is 17.1. The molecule has 0 aliphatic rings. The van der Waals surface area contributed by atoms with Crippen molar-refractivity contribution in [1.29, 1.82) is 0 Å². The number of halogens is 2. The monoisotopic (exact) mass is 354 g/mol. The number of carbonyl (C=O) groups excluding carboxylic acids is 1. The van der Waals surface area contributed by atoms with Gasteiger partial charge in [-0.3, -0.25) is 14.9 Å². The van der Waals surface area contributed by atoms with Gasteiger partial charge in [0.05, 0.1) is 31.8 Å². The van der Waals surface area contributed by atoms with Crippen LogP contribution in [0.4, 0.5) is 11.4 Å². The number of hydrogen-bond acceptors (Lipinski definition) is 4. The van der Waals surface area contributed by atoms with E-state index in [4.69, 9.17) is 28.3 Å². The van der Waals surface area contributed by atoms with Gasteiger partial charge < -0.3 is 10.4 Å². The van der Waals surface area contributed by atoms with Crippen LogP contribution in [-0.4, -0.2) is 21.9 Å². The molecule has 0 saturated carbocycles. The molecule has 2 N–H and O–H groups in total. The molecule has 23 heavy (non-hydrogen) atoms. The molecule has 0 heterocycles. The smallest absolute Gasteiger partial charge is 0.335 e. The van der Waals surface area contributed by atoms with Crippen molar-refractivity contribution in [1.82, 2.24) is 0 Å². The van der Waals surface area contributed by atoms with Crippen LogP contribution in [0.15, 0.2) is 36.4 Å². The lowest BCUT2D eigenvalue weighted by Crippen LogP contribution is -2.13. The minimum absolute atomic E-state index is 0.00550. The van der Waals surface area contributed by atoms with Crippen molar-refractivity contribution >= 4 is 46.5 Å². The van der Waals surface area contributed by atoms with E-state index in [-0.39, 0.29) is 32.5 Å². The standard InChI is InChI=1S/C14H8Cl2N2O5/c15-10-4-1-7(14(20)21)5-12(10)17-13(19)9-3-2-8(18(22)23)6-11(9)16/h1-6H,(H,17,19)(H,20,21). The number of nitro benzene ring substituents is 1. The van der Waals surface area contributed by atoms with Gasteiger partial charge in [-0.25, -0.2) is 4.79 Å². The van der Waals surface area contributed by atoms with Crippen LogP contribution >= 0.6 is 23.2 Å². The maximum atomic E-state index is 12.2. The molecule has 0 atom stereocenters. The Morgan fingerprint density at radius 2 is 1.78 bits per heavy atom. The number of hydrogen-bond donors (Lipinski definition) is 2. The van der Waals surface area contributed by atoms with Gasteiger partial charge in [0, 0.05) is 12.1 Å². The topological polar surface area (TPSA) is 110 Å². The molecular weight excluding hydrogens is 347 g/mol. The summed E-state index contributed by atoms with van der Waals surface area (Å²) in [4.78, 5) is 33.1. The maximum absolute atomic E-state index is 12.2. The minimum atomic E-state index is -1.18. The molecule has 0 fully saturated rings. The summed E-state index contributed by atoms with van der Waals surface area (Å²) in [6.07, 6.45) is 0. The molecule has 7 nitrogen and oxygen atoms in total. The molecule has 0 radical (unpaired) electrons. The molecule has 9 heteroatoms. The van der Waals surface area contributed by atoms with Crippen molar-refractivity contribution < 1.29 is 19.6 Å². The lowest BCUT2D eigenvalue weighted by molar-refractivity contribution is -0.384. The Morgan fingerprint density at radius 1 is 1.09 bits per heavy atom. The summed E-state index contributed by atoms with van der Waals surface area (Å²) < 4.78 is 0. The third-order valence-electron chi connectivity index (χ3n) is 2.87. The maximum Gasteiger partial charge on any atom is 0.335 e. The van der Waals surface area contributed by atoms with E-state index in [1.807, 2.05) is 0 Å². The van der Waals surface area contributed by atoms with Gasteiger partial charge >= 0.3 is 5.97 Å². The van der Waals surface area contributed by atoms with Crippen molar-refractivity contribution in [2.75, 3.05) is 5.32 Å². The quantitative estimate of drug-likeness (QED) is 0.639. The Labute approximate surface area is 139 Å². The number of nitrogens with one attached hydrogen (secondary N) is 1. The van der Waals surface area contributed by atoms with Crippen molar-refractivity contribution in [2.24, 2.45) is 0 Å². The fraction of sp³-hybridized carbons (Fsp3) is 0. The average molecular weight is 355 g/mol. The summed E-state index contributed by atoms with van der Waals surface area (Å²) in [6.45, 7) is 0. The van der Waals surface area contributed by atoms with Gasteiger partial charge in [0.25, 0.3) is 11.6 Å². The van der Waals surface area contributed by atoms with Crippen LogP contribution in [0.1, 0.15) is 20.7 Å². The van der Waals surface area contributed by atoms with E-state index in [9.17, 15) is 19.7 Å². The molecule has 0 aliphatic heterocycles. The Bertz CT molecular complexity index is 823. The molecular formula is C14H8Cl2N2O5. The van der Waals surface area contributed by atoms with Gasteiger partial charge in [-0.2, -0.15) is 0 Å². The van der Waals surface area contributed by atoms with Gasteiger partial charge in [0.2, 0.25) is 0 Å². The Kier molecular flexibility index (Phi) is 4.83. The molecule has 0 aliphatic carbocycles. The van der Waals surface area contributed by atoms with Crippen LogP contribution in [0, 0.1) is 10.1 Å². The van der Waals surface area contributed by atoms with E-state index in [1.54, 1.807) is 0 Å². The Balaban J connectivity index is 2.31. The van der Waals surface area contributed by atoms with Gasteiger partial charge in [-0.1, -0.05) is 23.2 Å². The fourth-order valence-electron chi connectivity index (χ4n) is 1.75. The van der Waals surface area contributed by atoms with Crippen molar-refractivity contribution in [3.63, 3.8) is 0 Å². The van der Waals surface area contributed by atoms with Crippen molar-refractivity contribution in [3.8, 4) is 0 Å². The second-order valence-electron chi connectivity index (χ2n) is 4.38. The average Bonchev–Trinajstić information content (AvgIpc) is 2.48. The molecule has 1 amide bonds. The summed E-state index contributed by atoms with van der Waals surface area (Å²) in [5.74, 6) is -1.85. The van der Waals surface area contributed by atoms with Gasteiger partial charge in [-0.05, 0) is 24.3 Å². The second-order valence-corrected chi connectivity index (χ2v) is 5.19. The van der Waals surface area contributed by atoms with Gasteiger partial charge in [-0.15, -0.1) is 0 Å². The highest BCUT2D eigenvalue weighted by atomic mass is 35.5. The number of carbonyl (C=O) groups is 2. The normalized spacial score (nSPS) is 10.2. The summed E-state index contributed by atoms with van der Waals surface area (Å²) in [5, 5.41) is 22.0. The predicted molar refractivity (Wildman–Crippen MR) is 84.5 cm³/mol. The van der Waals surface area contributed by atoms with E-state index in [0.717, 1.165) is 12.1 Å². The number of aromatic carboxylic acids is 1. The van der Waals surface area contributed by atoms with E-state index < -0.39 is 16.8 Å². The zero-order valence-electron chi connectivity index (χ0n) is 11.2. The lowest BCUT2D eigenvalue weighted by Gasteiger charge is -2.09. The van der Waals surface area contributed by atoms with E-state index >= 15 is 0 Å². The van der Waals surface area contributed by atoms with E-state index in [2.05, 4.69) is 5.32 Å². The first-order valence-electron chi connectivity index (χ1n) is 6.07. The number of non-ortho nitro benzene ring substituents is 1. The van der Waals surface area contributed by atoms with Crippen LogP contribution < -0.4 is 5.32 Å². The summed E-state index contributed by atoms with van der Waals surface area (Å²) in [7, 11) is 0. The van der Waals surface area contributed by atoms with Crippen molar-refractivity contribution in [2.45, 2.75) is 0 Å². The van der Waals surface area contributed by atoms with Crippen LogP contribution in [-0.2, 0) is 0 Å². The van der Waals surface area contributed by atoms with Crippen molar-refractivity contribution in [3.05, 3.63) is 67.7 Å². The summed E-state index contributed by atoms with van der Waals surface area (Å²) in [5.41, 5.74) is -0.225. The van der Waals surface area contributed by atoms with Crippen LogP contribution in [0.5, 0.6) is 0 Å². The second kappa shape index (κ2) is 6.64. The number of anilines is 1. The third-order valence-corrected chi connectivity index (χ3v) is 3.51. The fourth-order valence-corrected chi connectivity index (χ4v) is 2.17. The number of benzene rings is 2. The molecule has 2 rings (SSSR count). The first-order valence-corrected chi connectivity index (χ1v) is 6.83. The molecule has 0 unspecified atom stereocenters. The molecule has 0 aromatic heterocycles. The van der Waals surface area contributed by atoms with Gasteiger partial charge in [0.15, 0.2) is 0 Å². The molecule has 0 bridgehead atoms. The summed E-state index contributed by atoms with van der Waals surface area (Å²) in [6, 6.07) is 7.20. The highest BCUT2D eigenvalue weighted by Gasteiger charge is 2.16.